The van der Waals surface area contributed by atoms with E-state index in [0.29, 0.717) is 0 Å². The molecule has 0 atom stereocenters. The number of aromatic nitrogens is 1. The second kappa shape index (κ2) is 6.44. The van der Waals surface area contributed by atoms with Crippen molar-refractivity contribution in [3.05, 3.63) is 35.9 Å². The Bertz CT molecular complexity index is 604. The van der Waals surface area contributed by atoms with Crippen LogP contribution in [-0.4, -0.2) is 29.0 Å². The Morgan fingerprint density at radius 1 is 1.19 bits per heavy atom. The Kier molecular flexibility index (Phi) is 4.84. The maximum atomic E-state index is 4.79. The number of rotatable bonds is 6. The molecule has 0 aliphatic carbocycles. The van der Waals surface area contributed by atoms with Crippen LogP contribution in [-0.2, 0) is 6.54 Å². The summed E-state index contributed by atoms with van der Waals surface area (Å²) in [6.07, 6.45) is 1.13. The molecule has 0 unspecified atom stereocenters. The fourth-order valence-corrected chi connectivity index (χ4v) is 2.34. The number of hydrogen-bond acceptors (Lipinski definition) is 3. The van der Waals surface area contributed by atoms with Crippen LogP contribution in [0, 0.1) is 0 Å². The highest BCUT2D eigenvalue weighted by molar-refractivity contribution is 5.81. The first-order chi connectivity index (χ1) is 9.97. The van der Waals surface area contributed by atoms with Crippen LogP contribution in [0.15, 0.2) is 30.3 Å². The number of para-hydroxylation sites is 1. The van der Waals surface area contributed by atoms with Gasteiger partial charge in [-0.25, -0.2) is 4.98 Å². The summed E-state index contributed by atoms with van der Waals surface area (Å²) in [5, 5.41) is 4.61. The molecule has 1 N–H and O–H groups in total. The van der Waals surface area contributed by atoms with Gasteiger partial charge in [0.15, 0.2) is 0 Å². The van der Waals surface area contributed by atoms with E-state index in [2.05, 4.69) is 69.2 Å². The minimum Gasteiger partial charge on any atom is -0.370 e. The monoisotopic (exact) mass is 285 g/mol. The van der Waals surface area contributed by atoms with Gasteiger partial charge in [0, 0.05) is 29.6 Å². The number of pyridine rings is 1. The summed E-state index contributed by atoms with van der Waals surface area (Å²) >= 11 is 0. The quantitative estimate of drug-likeness (QED) is 0.858. The van der Waals surface area contributed by atoms with E-state index in [9.17, 15) is 0 Å². The second-order valence-corrected chi connectivity index (χ2v) is 6.24. The van der Waals surface area contributed by atoms with Crippen LogP contribution in [0.5, 0.6) is 0 Å². The highest BCUT2D eigenvalue weighted by atomic mass is 15.2. The third kappa shape index (κ3) is 3.53. The zero-order valence-electron chi connectivity index (χ0n) is 13.9. The summed E-state index contributed by atoms with van der Waals surface area (Å²) in [4.78, 5) is 7.19. The molecule has 3 heteroatoms. The molecule has 1 aromatic heterocycles. The number of hydrogen-bond donors (Lipinski definition) is 1. The molecular formula is C18H27N3. The lowest BCUT2D eigenvalue weighted by molar-refractivity contribution is 0.143. The van der Waals surface area contributed by atoms with Crippen LogP contribution in [0.2, 0.25) is 0 Å². The summed E-state index contributed by atoms with van der Waals surface area (Å²) in [6, 6.07) is 10.6. The standard InChI is InChI=1S/C18H27N3/c1-6-18(3,4)21(5)13-15-12-14-10-8-9-11-16(14)20-17(15)19-7-2/h8-12H,6-7,13H2,1-5H3,(H,19,20). The van der Waals surface area contributed by atoms with Crippen molar-refractivity contribution in [3.63, 3.8) is 0 Å². The summed E-state index contributed by atoms with van der Waals surface area (Å²) in [5.74, 6) is 1.01. The van der Waals surface area contributed by atoms with Crippen molar-refractivity contribution in [2.45, 2.75) is 46.2 Å². The highest BCUT2D eigenvalue weighted by Gasteiger charge is 2.22. The molecule has 0 saturated carbocycles. The molecule has 1 heterocycles. The van der Waals surface area contributed by atoms with Crippen molar-refractivity contribution in [2.75, 3.05) is 18.9 Å². The van der Waals surface area contributed by atoms with Crippen molar-refractivity contribution in [2.24, 2.45) is 0 Å². The lowest BCUT2D eigenvalue weighted by Crippen LogP contribution is -2.40. The molecule has 0 fully saturated rings. The van der Waals surface area contributed by atoms with E-state index in [1.165, 1.54) is 10.9 Å². The van der Waals surface area contributed by atoms with Crippen LogP contribution in [0.1, 0.15) is 39.7 Å². The maximum absolute atomic E-state index is 4.79. The van der Waals surface area contributed by atoms with E-state index in [1.54, 1.807) is 0 Å². The van der Waals surface area contributed by atoms with E-state index >= 15 is 0 Å². The minimum atomic E-state index is 0.190. The van der Waals surface area contributed by atoms with Gasteiger partial charge in [-0.2, -0.15) is 0 Å². The van der Waals surface area contributed by atoms with Gasteiger partial charge in [0.05, 0.1) is 5.52 Å². The minimum absolute atomic E-state index is 0.190. The molecule has 0 aliphatic heterocycles. The Hall–Kier alpha value is -1.61. The zero-order valence-corrected chi connectivity index (χ0v) is 13.9. The largest absolute Gasteiger partial charge is 0.370 e. The van der Waals surface area contributed by atoms with Crippen LogP contribution in [0.3, 0.4) is 0 Å². The third-order valence-corrected chi connectivity index (χ3v) is 4.45. The molecule has 2 aromatic rings. The lowest BCUT2D eigenvalue weighted by atomic mass is 9.99. The van der Waals surface area contributed by atoms with Crippen molar-refractivity contribution < 1.29 is 0 Å². The molecule has 0 radical (unpaired) electrons. The molecule has 0 aliphatic rings. The van der Waals surface area contributed by atoms with Crippen molar-refractivity contribution >= 4 is 16.7 Å². The van der Waals surface area contributed by atoms with Crippen molar-refractivity contribution in [1.82, 2.24) is 9.88 Å². The summed E-state index contributed by atoms with van der Waals surface area (Å²) < 4.78 is 0. The van der Waals surface area contributed by atoms with Gasteiger partial charge >= 0.3 is 0 Å². The molecule has 21 heavy (non-hydrogen) atoms. The zero-order chi connectivity index (χ0) is 15.5. The van der Waals surface area contributed by atoms with Gasteiger partial charge < -0.3 is 5.32 Å². The Labute approximate surface area is 128 Å². The smallest absolute Gasteiger partial charge is 0.131 e. The lowest BCUT2D eigenvalue weighted by Gasteiger charge is -2.35. The van der Waals surface area contributed by atoms with Crippen LogP contribution >= 0.6 is 0 Å². The molecule has 114 valence electrons. The Morgan fingerprint density at radius 3 is 2.57 bits per heavy atom. The summed E-state index contributed by atoms with van der Waals surface area (Å²) in [5.41, 5.74) is 2.50. The highest BCUT2D eigenvalue weighted by Crippen LogP contribution is 2.25. The fraction of sp³-hybridized carbons (Fsp3) is 0.500. The van der Waals surface area contributed by atoms with E-state index in [0.717, 1.165) is 30.8 Å². The molecule has 0 amide bonds. The van der Waals surface area contributed by atoms with E-state index in [-0.39, 0.29) is 5.54 Å². The molecule has 2 rings (SSSR count). The second-order valence-electron chi connectivity index (χ2n) is 6.24. The van der Waals surface area contributed by atoms with Crippen LogP contribution < -0.4 is 5.32 Å². The predicted molar refractivity (Wildman–Crippen MR) is 91.7 cm³/mol. The molecule has 0 saturated heterocycles. The Morgan fingerprint density at radius 2 is 1.90 bits per heavy atom. The van der Waals surface area contributed by atoms with Crippen LogP contribution in [0.4, 0.5) is 5.82 Å². The Balaban J connectivity index is 2.38. The van der Waals surface area contributed by atoms with Gasteiger partial charge in [-0.3, -0.25) is 4.90 Å². The molecule has 1 aromatic carbocycles. The molecular weight excluding hydrogens is 258 g/mol. The van der Waals surface area contributed by atoms with Crippen molar-refractivity contribution in [3.8, 4) is 0 Å². The normalized spacial score (nSPS) is 12.1. The SMILES string of the molecule is CCNc1nc2ccccc2cc1CN(C)C(C)(C)CC. The van der Waals surface area contributed by atoms with Crippen LogP contribution in [0.25, 0.3) is 10.9 Å². The number of benzene rings is 1. The van der Waals surface area contributed by atoms with Gasteiger partial charge in [-0.15, -0.1) is 0 Å². The first-order valence-electron chi connectivity index (χ1n) is 7.81. The summed E-state index contributed by atoms with van der Waals surface area (Å²) in [7, 11) is 2.19. The van der Waals surface area contributed by atoms with E-state index < -0.39 is 0 Å². The molecule has 0 bridgehead atoms. The van der Waals surface area contributed by atoms with Gasteiger partial charge in [0.2, 0.25) is 0 Å². The first kappa shape index (κ1) is 15.8. The predicted octanol–water partition coefficient (Wildman–Crippen LogP) is 4.29. The number of nitrogens with zero attached hydrogens (tertiary/aromatic N) is 2. The number of nitrogens with one attached hydrogen (secondary N) is 1. The topological polar surface area (TPSA) is 28.2 Å². The van der Waals surface area contributed by atoms with Gasteiger partial charge in [0.1, 0.15) is 5.82 Å². The number of anilines is 1. The summed E-state index contributed by atoms with van der Waals surface area (Å²) in [6.45, 7) is 10.7. The average Bonchev–Trinajstić information content (AvgIpc) is 2.48. The molecule has 3 nitrogen and oxygen atoms in total. The maximum Gasteiger partial charge on any atom is 0.131 e. The number of fused-ring (bicyclic) bond motifs is 1. The average molecular weight is 285 g/mol. The van der Waals surface area contributed by atoms with E-state index in [1.807, 2.05) is 6.07 Å². The first-order valence-corrected chi connectivity index (χ1v) is 7.81. The van der Waals surface area contributed by atoms with E-state index in [4.69, 9.17) is 4.98 Å². The van der Waals surface area contributed by atoms with Gasteiger partial charge in [-0.1, -0.05) is 25.1 Å². The molecule has 0 spiro atoms. The van der Waals surface area contributed by atoms with Gasteiger partial charge in [0.25, 0.3) is 0 Å². The fourth-order valence-electron chi connectivity index (χ4n) is 2.34. The van der Waals surface area contributed by atoms with Crippen molar-refractivity contribution in [1.29, 1.82) is 0 Å². The van der Waals surface area contributed by atoms with Gasteiger partial charge in [-0.05, 0) is 46.4 Å². The third-order valence-electron chi connectivity index (χ3n) is 4.45.